The first-order valence-corrected chi connectivity index (χ1v) is 3.66. The highest BCUT2D eigenvalue weighted by molar-refractivity contribution is 7.88. The number of allylic oxidation sites excluding steroid dienone is 1. The van der Waals surface area contributed by atoms with E-state index in [0.29, 0.717) is 5.41 Å². The molecule has 0 heterocycles. The Labute approximate surface area is 53.9 Å². The first kappa shape index (κ1) is 8.45. The number of hydrogen-bond acceptors (Lipinski definition) is 3. The lowest BCUT2D eigenvalue weighted by atomic mass is 10.7. The van der Waals surface area contributed by atoms with Gasteiger partial charge in [0.05, 0.1) is 12.5 Å². The van der Waals surface area contributed by atoms with Gasteiger partial charge in [0.25, 0.3) is 10.1 Å². The molecule has 1 N–H and O–H groups in total. The van der Waals surface area contributed by atoms with Gasteiger partial charge in [0.1, 0.15) is 5.76 Å². The van der Waals surface area contributed by atoms with Crippen LogP contribution in [0.5, 0.6) is 0 Å². The Bertz CT molecular complexity index is 201. The smallest absolute Gasteiger partial charge is 0.290 e. The Morgan fingerprint density at radius 3 is 2.22 bits per heavy atom. The van der Waals surface area contributed by atoms with E-state index in [1.807, 2.05) is 0 Å². The fraction of sp³-hybridized carbons (Fsp3) is 0.500. The second-order valence-electron chi connectivity index (χ2n) is 1.45. The fourth-order valence-corrected chi connectivity index (χ4v) is 0.774. The Kier molecular flexibility index (Phi) is 2.66. The molecule has 0 aromatic carbocycles. The number of ether oxygens (including phenoxy) is 1. The van der Waals surface area contributed by atoms with Gasteiger partial charge in [0.2, 0.25) is 0 Å². The highest BCUT2D eigenvalue weighted by Gasteiger charge is 1.98. The molecular weight excluding hydrogens is 144 g/mol. The number of hydrogen-bond donors (Lipinski definition) is 1. The first-order chi connectivity index (χ1) is 3.95. The third-order valence-electron chi connectivity index (χ3n) is 0.637. The summed E-state index contributed by atoms with van der Waals surface area (Å²) in [5.74, 6) is 0.150. The van der Waals surface area contributed by atoms with Crippen molar-refractivity contribution >= 4 is 10.1 Å². The summed E-state index contributed by atoms with van der Waals surface area (Å²) in [6, 6.07) is 0. The van der Waals surface area contributed by atoms with Gasteiger partial charge in [0.15, 0.2) is 0 Å². The summed E-state index contributed by atoms with van der Waals surface area (Å²) in [4.78, 5) is 0. The SMILES string of the molecule is COC(C)=CS(=O)(=O)O. The summed E-state index contributed by atoms with van der Waals surface area (Å²) in [6.07, 6.45) is 0. The molecule has 0 aromatic rings. The monoisotopic (exact) mass is 152 g/mol. The van der Waals surface area contributed by atoms with Crippen molar-refractivity contribution in [3.8, 4) is 0 Å². The molecule has 0 aromatic heterocycles. The molecule has 0 rings (SSSR count). The molecule has 0 spiro atoms. The molecule has 0 saturated carbocycles. The van der Waals surface area contributed by atoms with Gasteiger partial charge in [-0.15, -0.1) is 0 Å². The van der Waals surface area contributed by atoms with Gasteiger partial charge in [0, 0.05) is 0 Å². The minimum absolute atomic E-state index is 0.150. The summed E-state index contributed by atoms with van der Waals surface area (Å²) in [7, 11) is -2.71. The van der Waals surface area contributed by atoms with Crippen molar-refractivity contribution in [3.63, 3.8) is 0 Å². The molecule has 4 nitrogen and oxygen atoms in total. The highest BCUT2D eigenvalue weighted by Crippen LogP contribution is 1.95. The minimum atomic E-state index is -4.02. The van der Waals surface area contributed by atoms with E-state index in [2.05, 4.69) is 4.74 Å². The average Bonchev–Trinajstić information content (AvgIpc) is 1.62. The predicted octanol–water partition coefficient (Wildman–Crippen LogP) is 0.382. The van der Waals surface area contributed by atoms with Crippen LogP contribution in [0.4, 0.5) is 0 Å². The third kappa shape index (κ3) is 5.32. The van der Waals surface area contributed by atoms with E-state index in [9.17, 15) is 8.42 Å². The van der Waals surface area contributed by atoms with Crippen LogP contribution in [-0.2, 0) is 14.9 Å². The summed E-state index contributed by atoms with van der Waals surface area (Å²) < 4.78 is 32.6. The van der Waals surface area contributed by atoms with Crippen LogP contribution in [0.1, 0.15) is 6.92 Å². The van der Waals surface area contributed by atoms with Crippen LogP contribution in [0.3, 0.4) is 0 Å². The number of rotatable bonds is 2. The van der Waals surface area contributed by atoms with Gasteiger partial charge >= 0.3 is 0 Å². The van der Waals surface area contributed by atoms with Crippen LogP contribution >= 0.6 is 0 Å². The van der Waals surface area contributed by atoms with Crippen molar-refractivity contribution in [1.82, 2.24) is 0 Å². The van der Waals surface area contributed by atoms with Crippen LogP contribution in [0, 0.1) is 0 Å². The highest BCUT2D eigenvalue weighted by atomic mass is 32.2. The van der Waals surface area contributed by atoms with Crippen LogP contribution in [0.2, 0.25) is 0 Å². The average molecular weight is 152 g/mol. The Morgan fingerprint density at radius 1 is 1.67 bits per heavy atom. The molecule has 0 saturated heterocycles. The van der Waals surface area contributed by atoms with Gasteiger partial charge in [-0.25, -0.2) is 0 Å². The molecule has 54 valence electrons. The molecule has 0 amide bonds. The summed E-state index contributed by atoms with van der Waals surface area (Å²) in [5.41, 5.74) is 0. The van der Waals surface area contributed by atoms with Crippen molar-refractivity contribution in [2.75, 3.05) is 7.11 Å². The topological polar surface area (TPSA) is 63.6 Å². The lowest BCUT2D eigenvalue weighted by Gasteiger charge is -1.94. The van der Waals surface area contributed by atoms with Gasteiger partial charge < -0.3 is 4.74 Å². The molecule has 0 bridgehead atoms. The van der Waals surface area contributed by atoms with Crippen molar-refractivity contribution in [3.05, 3.63) is 11.2 Å². The van der Waals surface area contributed by atoms with Crippen LogP contribution in [0.25, 0.3) is 0 Å². The standard InChI is InChI=1S/C4H8O4S/c1-4(8-2)3-9(5,6)7/h3H,1-2H3,(H,5,6,7). The second-order valence-corrected chi connectivity index (χ2v) is 2.71. The molecule has 0 unspecified atom stereocenters. The van der Waals surface area contributed by atoms with Gasteiger partial charge in [-0.3, -0.25) is 4.55 Å². The molecule has 9 heavy (non-hydrogen) atoms. The molecule has 5 heteroatoms. The Balaban J connectivity index is 4.32. The Hall–Kier alpha value is -0.550. The third-order valence-corrected chi connectivity index (χ3v) is 1.27. The number of methoxy groups -OCH3 is 1. The maximum Gasteiger partial charge on any atom is 0.290 e. The van der Waals surface area contributed by atoms with E-state index < -0.39 is 10.1 Å². The van der Waals surface area contributed by atoms with Crippen molar-refractivity contribution < 1.29 is 17.7 Å². The molecular formula is C4H8O4S. The van der Waals surface area contributed by atoms with Crippen LogP contribution < -0.4 is 0 Å². The zero-order valence-corrected chi connectivity index (χ0v) is 5.97. The van der Waals surface area contributed by atoms with Crippen LogP contribution in [0.15, 0.2) is 11.2 Å². The largest absolute Gasteiger partial charge is 0.501 e. The lowest BCUT2D eigenvalue weighted by Crippen LogP contribution is -1.92. The predicted molar refractivity (Wildman–Crippen MR) is 32.3 cm³/mol. The van der Waals surface area contributed by atoms with Gasteiger partial charge in [-0.2, -0.15) is 8.42 Å². The molecule has 0 aliphatic heterocycles. The Morgan fingerprint density at radius 2 is 2.11 bits per heavy atom. The quantitative estimate of drug-likeness (QED) is 0.459. The van der Waals surface area contributed by atoms with Crippen molar-refractivity contribution in [1.29, 1.82) is 0 Å². The summed E-state index contributed by atoms with van der Waals surface area (Å²) >= 11 is 0. The fourth-order valence-electron chi connectivity index (χ4n) is 0.258. The van der Waals surface area contributed by atoms with Crippen molar-refractivity contribution in [2.24, 2.45) is 0 Å². The van der Waals surface area contributed by atoms with E-state index in [1.165, 1.54) is 14.0 Å². The van der Waals surface area contributed by atoms with E-state index in [-0.39, 0.29) is 5.76 Å². The maximum absolute atomic E-state index is 10.00. The van der Waals surface area contributed by atoms with Crippen molar-refractivity contribution in [2.45, 2.75) is 6.92 Å². The lowest BCUT2D eigenvalue weighted by molar-refractivity contribution is 0.294. The van der Waals surface area contributed by atoms with E-state index in [4.69, 9.17) is 4.55 Å². The van der Waals surface area contributed by atoms with E-state index >= 15 is 0 Å². The van der Waals surface area contributed by atoms with E-state index in [1.54, 1.807) is 0 Å². The molecule has 0 radical (unpaired) electrons. The molecule has 0 aliphatic carbocycles. The summed E-state index contributed by atoms with van der Waals surface area (Å²) in [5, 5.41) is 0.632. The van der Waals surface area contributed by atoms with Crippen LogP contribution in [-0.4, -0.2) is 20.1 Å². The normalized spacial score (nSPS) is 13.4. The summed E-state index contributed by atoms with van der Waals surface area (Å²) in [6.45, 7) is 1.42. The zero-order valence-electron chi connectivity index (χ0n) is 5.16. The molecule has 0 aliphatic rings. The van der Waals surface area contributed by atoms with E-state index in [0.717, 1.165) is 0 Å². The van der Waals surface area contributed by atoms with Gasteiger partial charge in [-0.05, 0) is 6.92 Å². The maximum atomic E-state index is 10.00. The second kappa shape index (κ2) is 2.84. The first-order valence-electron chi connectivity index (χ1n) is 2.15. The minimum Gasteiger partial charge on any atom is -0.501 e. The molecule has 0 atom stereocenters. The zero-order chi connectivity index (χ0) is 7.49. The molecule has 0 fully saturated rings. The van der Waals surface area contributed by atoms with Gasteiger partial charge in [-0.1, -0.05) is 0 Å².